The number of furan rings is 1. The van der Waals surface area contributed by atoms with E-state index in [1.54, 1.807) is 6.07 Å². The molecule has 0 bridgehead atoms. The molecule has 0 spiro atoms. The Hall–Kier alpha value is -1.82. The predicted molar refractivity (Wildman–Crippen MR) is 72.8 cm³/mol. The first-order valence-corrected chi connectivity index (χ1v) is 6.73. The lowest BCUT2D eigenvalue weighted by Crippen LogP contribution is -2.26. The van der Waals surface area contributed by atoms with Crippen molar-refractivity contribution >= 4 is 0 Å². The quantitative estimate of drug-likeness (QED) is 0.903. The van der Waals surface area contributed by atoms with Crippen molar-refractivity contribution in [1.82, 2.24) is 10.3 Å². The molecule has 0 fully saturated rings. The number of pyridine rings is 1. The van der Waals surface area contributed by atoms with Crippen LogP contribution in [0.4, 0.5) is 13.2 Å². The highest BCUT2D eigenvalue weighted by Gasteiger charge is 2.36. The Morgan fingerprint density at radius 1 is 1.33 bits per heavy atom. The number of hydrogen-bond acceptors (Lipinski definition) is 3. The molecule has 2 aromatic heterocycles. The summed E-state index contributed by atoms with van der Waals surface area (Å²) in [6.07, 6.45) is 0.258. The highest BCUT2D eigenvalue weighted by molar-refractivity contribution is 5.36. The summed E-state index contributed by atoms with van der Waals surface area (Å²) < 4.78 is 44.9. The second kappa shape index (κ2) is 6.30. The molecule has 1 unspecified atom stereocenters. The van der Waals surface area contributed by atoms with Gasteiger partial charge in [-0.1, -0.05) is 6.92 Å². The minimum atomic E-state index is -4.43. The van der Waals surface area contributed by atoms with Crippen LogP contribution < -0.4 is 5.32 Å². The van der Waals surface area contributed by atoms with Crippen LogP contribution in [0.3, 0.4) is 0 Å². The van der Waals surface area contributed by atoms with Gasteiger partial charge >= 0.3 is 6.18 Å². The molecule has 0 amide bonds. The zero-order chi connectivity index (χ0) is 15.5. The first-order chi connectivity index (χ1) is 9.95. The molecule has 21 heavy (non-hydrogen) atoms. The lowest BCUT2D eigenvalue weighted by molar-refractivity contribution is -0.138. The fraction of sp³-hybridized carbons (Fsp3) is 0.400. The average Bonchev–Trinajstić information content (AvgIpc) is 2.85. The summed E-state index contributed by atoms with van der Waals surface area (Å²) in [6, 6.07) is 2.07. The van der Waals surface area contributed by atoms with E-state index in [4.69, 9.17) is 4.42 Å². The van der Waals surface area contributed by atoms with E-state index in [0.29, 0.717) is 12.3 Å². The third-order valence-electron chi connectivity index (χ3n) is 3.23. The Kier molecular flexibility index (Phi) is 4.67. The van der Waals surface area contributed by atoms with Gasteiger partial charge in [-0.2, -0.15) is 13.2 Å². The van der Waals surface area contributed by atoms with Gasteiger partial charge in [0.25, 0.3) is 0 Å². The molecule has 0 saturated heterocycles. The lowest BCUT2D eigenvalue weighted by atomic mass is 9.98. The minimum absolute atomic E-state index is 0.0801. The first kappa shape index (κ1) is 15.6. The van der Waals surface area contributed by atoms with Gasteiger partial charge in [0.1, 0.15) is 5.76 Å². The number of hydrogen-bond donors (Lipinski definition) is 1. The fourth-order valence-corrected chi connectivity index (χ4v) is 2.21. The molecule has 3 nitrogen and oxygen atoms in total. The molecule has 0 saturated carbocycles. The van der Waals surface area contributed by atoms with E-state index in [1.807, 2.05) is 13.8 Å². The van der Waals surface area contributed by atoms with Crippen molar-refractivity contribution in [2.24, 2.45) is 0 Å². The third kappa shape index (κ3) is 3.44. The van der Waals surface area contributed by atoms with E-state index in [2.05, 4.69) is 10.3 Å². The Labute approximate surface area is 121 Å². The van der Waals surface area contributed by atoms with Crippen LogP contribution in [0.2, 0.25) is 0 Å². The maximum atomic E-state index is 13.2. The summed E-state index contributed by atoms with van der Waals surface area (Å²) in [7, 11) is 0. The van der Waals surface area contributed by atoms with E-state index in [-0.39, 0.29) is 5.56 Å². The molecule has 0 aliphatic rings. The van der Waals surface area contributed by atoms with Crippen LogP contribution in [0.1, 0.15) is 41.8 Å². The van der Waals surface area contributed by atoms with E-state index in [0.717, 1.165) is 24.2 Å². The Balaban J connectivity index is 2.50. The molecule has 114 valence electrons. The minimum Gasteiger partial charge on any atom is -0.467 e. The third-order valence-corrected chi connectivity index (χ3v) is 3.23. The summed E-state index contributed by atoms with van der Waals surface area (Å²) in [5, 5.41) is 3.11. The summed E-state index contributed by atoms with van der Waals surface area (Å²) in [4.78, 5) is 3.85. The predicted octanol–water partition coefficient (Wildman–Crippen LogP) is 4.09. The molecule has 0 aromatic carbocycles. The van der Waals surface area contributed by atoms with Gasteiger partial charge in [-0.05, 0) is 37.6 Å². The number of nitrogens with zero attached hydrogens (tertiary/aromatic N) is 1. The Bertz CT molecular complexity index is 593. The second-order valence-corrected chi connectivity index (χ2v) is 4.82. The van der Waals surface area contributed by atoms with Gasteiger partial charge in [0.2, 0.25) is 0 Å². The van der Waals surface area contributed by atoms with Crippen molar-refractivity contribution in [1.29, 1.82) is 0 Å². The second-order valence-electron chi connectivity index (χ2n) is 4.82. The van der Waals surface area contributed by atoms with E-state index in [9.17, 15) is 13.2 Å². The van der Waals surface area contributed by atoms with Crippen LogP contribution >= 0.6 is 0 Å². The van der Waals surface area contributed by atoms with Crippen molar-refractivity contribution in [3.05, 3.63) is 53.2 Å². The fourth-order valence-electron chi connectivity index (χ4n) is 2.21. The molecule has 0 radical (unpaired) electrons. The van der Waals surface area contributed by atoms with Crippen molar-refractivity contribution < 1.29 is 17.6 Å². The number of alkyl halides is 3. The molecular formula is C15H17F3N2O. The van der Waals surface area contributed by atoms with Gasteiger partial charge in [-0.3, -0.25) is 4.98 Å². The van der Waals surface area contributed by atoms with Crippen molar-refractivity contribution in [2.75, 3.05) is 6.54 Å². The molecule has 1 N–H and O–H groups in total. The standard InChI is InChI=1S/C15H17F3N2O/c1-3-6-20-13(14-10(2)5-8-21-14)11-9-19-7-4-12(11)15(16,17)18/h4-5,7-9,13,20H,3,6H2,1-2H3. The van der Waals surface area contributed by atoms with Crippen molar-refractivity contribution in [3.8, 4) is 0 Å². The van der Waals surface area contributed by atoms with Crippen LogP contribution in [0.15, 0.2) is 35.2 Å². The number of nitrogens with one attached hydrogen (secondary N) is 1. The summed E-state index contributed by atoms with van der Waals surface area (Å²) in [5.74, 6) is 0.488. The van der Waals surface area contributed by atoms with Gasteiger partial charge < -0.3 is 9.73 Å². The molecule has 2 heterocycles. The van der Waals surface area contributed by atoms with Crippen LogP contribution in [-0.4, -0.2) is 11.5 Å². The van der Waals surface area contributed by atoms with E-state index in [1.165, 1.54) is 12.5 Å². The number of rotatable bonds is 5. The van der Waals surface area contributed by atoms with Gasteiger partial charge in [-0.15, -0.1) is 0 Å². The van der Waals surface area contributed by atoms with Crippen LogP contribution in [-0.2, 0) is 6.18 Å². The zero-order valence-corrected chi connectivity index (χ0v) is 11.9. The molecule has 6 heteroatoms. The molecule has 2 aromatic rings. The molecule has 0 aliphatic heterocycles. The van der Waals surface area contributed by atoms with Crippen molar-refractivity contribution in [3.63, 3.8) is 0 Å². The van der Waals surface area contributed by atoms with Gasteiger partial charge in [0.05, 0.1) is 17.9 Å². The summed E-state index contributed by atoms with van der Waals surface area (Å²) >= 11 is 0. The topological polar surface area (TPSA) is 38.1 Å². The van der Waals surface area contributed by atoms with Crippen LogP contribution in [0, 0.1) is 6.92 Å². The number of halogens is 3. The Morgan fingerprint density at radius 3 is 2.67 bits per heavy atom. The zero-order valence-electron chi connectivity index (χ0n) is 11.9. The molecule has 2 rings (SSSR count). The number of aryl methyl sites for hydroxylation is 1. The largest absolute Gasteiger partial charge is 0.467 e. The average molecular weight is 298 g/mol. The SMILES string of the molecule is CCCNC(c1cnccc1C(F)(F)F)c1occc1C. The van der Waals surface area contributed by atoms with Crippen LogP contribution in [0.25, 0.3) is 0 Å². The van der Waals surface area contributed by atoms with Gasteiger partial charge in [0, 0.05) is 18.0 Å². The van der Waals surface area contributed by atoms with Gasteiger partial charge in [-0.25, -0.2) is 0 Å². The van der Waals surface area contributed by atoms with Crippen molar-refractivity contribution in [2.45, 2.75) is 32.5 Å². The molecular weight excluding hydrogens is 281 g/mol. The summed E-state index contributed by atoms with van der Waals surface area (Å²) in [5.41, 5.74) is 0.194. The summed E-state index contributed by atoms with van der Waals surface area (Å²) in [6.45, 7) is 4.34. The normalized spacial score (nSPS) is 13.4. The maximum absolute atomic E-state index is 13.2. The molecule has 0 aliphatic carbocycles. The number of aromatic nitrogens is 1. The van der Waals surface area contributed by atoms with E-state index < -0.39 is 17.8 Å². The van der Waals surface area contributed by atoms with E-state index >= 15 is 0 Å². The highest BCUT2D eigenvalue weighted by atomic mass is 19.4. The lowest BCUT2D eigenvalue weighted by Gasteiger charge is -2.21. The smallest absolute Gasteiger partial charge is 0.416 e. The first-order valence-electron chi connectivity index (χ1n) is 6.73. The maximum Gasteiger partial charge on any atom is 0.416 e. The van der Waals surface area contributed by atoms with Crippen LogP contribution in [0.5, 0.6) is 0 Å². The van der Waals surface area contributed by atoms with Gasteiger partial charge in [0.15, 0.2) is 0 Å². The molecule has 1 atom stereocenters. The Morgan fingerprint density at radius 2 is 2.10 bits per heavy atom. The highest BCUT2D eigenvalue weighted by Crippen LogP contribution is 2.36. The monoisotopic (exact) mass is 298 g/mol.